The fourth-order valence-electron chi connectivity index (χ4n) is 5.40. The minimum absolute atomic E-state index is 0.771. The molecule has 3 aromatic carbocycles. The van der Waals surface area contributed by atoms with Crippen molar-refractivity contribution in [1.29, 1.82) is 0 Å². The second-order valence-electron chi connectivity index (χ2n) is 12.3. The first-order chi connectivity index (χ1) is 22.3. The van der Waals surface area contributed by atoms with E-state index in [1.165, 1.54) is 115 Å². The molecular formula is C40H58N4O. The lowest BCUT2D eigenvalue weighted by atomic mass is 10.0. The topological polar surface area (TPSA) is 58.7 Å². The van der Waals surface area contributed by atoms with E-state index in [4.69, 9.17) is 4.74 Å². The summed E-state index contributed by atoms with van der Waals surface area (Å²) < 4.78 is 5.94. The summed E-state index contributed by atoms with van der Waals surface area (Å²) in [7, 11) is 0. The van der Waals surface area contributed by atoms with Crippen molar-refractivity contribution in [2.75, 3.05) is 6.61 Å². The van der Waals surface area contributed by atoms with Gasteiger partial charge in [0, 0.05) is 0 Å². The van der Waals surface area contributed by atoms with Crippen LogP contribution < -0.4 is 4.74 Å². The molecule has 0 N–H and O–H groups in total. The highest BCUT2D eigenvalue weighted by Gasteiger charge is 1.99. The van der Waals surface area contributed by atoms with E-state index in [1.54, 1.807) is 0 Å². The Bertz CT molecular complexity index is 1190. The molecule has 0 aliphatic carbocycles. The van der Waals surface area contributed by atoms with Gasteiger partial charge in [0.05, 0.1) is 29.4 Å². The Kier molecular flexibility index (Phi) is 19.2. The molecule has 0 atom stereocenters. The van der Waals surface area contributed by atoms with Gasteiger partial charge in [0.15, 0.2) is 0 Å². The number of benzene rings is 3. The average molecular weight is 611 g/mol. The first-order valence-corrected chi connectivity index (χ1v) is 18.0. The van der Waals surface area contributed by atoms with Crippen molar-refractivity contribution in [2.24, 2.45) is 20.5 Å². The quantitative estimate of drug-likeness (QED) is 0.0695. The van der Waals surface area contributed by atoms with Gasteiger partial charge < -0.3 is 4.74 Å². The maximum atomic E-state index is 5.94. The number of hydrogen-bond donors (Lipinski definition) is 0. The number of hydrogen-bond acceptors (Lipinski definition) is 5. The van der Waals surface area contributed by atoms with Crippen molar-refractivity contribution >= 4 is 22.7 Å². The van der Waals surface area contributed by atoms with E-state index < -0.39 is 0 Å². The lowest BCUT2D eigenvalue weighted by Crippen LogP contribution is -1.96. The van der Waals surface area contributed by atoms with Crippen LogP contribution in [0.2, 0.25) is 0 Å². The van der Waals surface area contributed by atoms with Crippen molar-refractivity contribution in [2.45, 2.75) is 136 Å². The van der Waals surface area contributed by atoms with Crippen LogP contribution in [0.3, 0.4) is 0 Å². The van der Waals surface area contributed by atoms with Crippen molar-refractivity contribution < 1.29 is 4.74 Å². The highest BCUT2D eigenvalue weighted by Crippen LogP contribution is 2.25. The first kappa shape index (κ1) is 36.1. The zero-order valence-corrected chi connectivity index (χ0v) is 28.3. The van der Waals surface area contributed by atoms with Crippen LogP contribution >= 0.6 is 0 Å². The van der Waals surface area contributed by atoms with Crippen LogP contribution in [0.25, 0.3) is 0 Å². The van der Waals surface area contributed by atoms with E-state index >= 15 is 0 Å². The summed E-state index contributed by atoms with van der Waals surface area (Å²) in [6.45, 7) is 5.30. The van der Waals surface area contributed by atoms with Gasteiger partial charge in [0.2, 0.25) is 0 Å². The largest absolute Gasteiger partial charge is 0.494 e. The minimum Gasteiger partial charge on any atom is -0.494 e. The molecule has 0 aliphatic rings. The molecule has 3 rings (SSSR count). The molecule has 0 aromatic heterocycles. The predicted molar refractivity (Wildman–Crippen MR) is 191 cm³/mol. The molecular weight excluding hydrogens is 552 g/mol. The molecule has 0 saturated heterocycles. The molecule has 5 nitrogen and oxygen atoms in total. The van der Waals surface area contributed by atoms with Crippen LogP contribution in [0.1, 0.15) is 135 Å². The van der Waals surface area contributed by atoms with Gasteiger partial charge in [0.25, 0.3) is 0 Å². The van der Waals surface area contributed by atoms with Gasteiger partial charge in [-0.15, -0.1) is 0 Å². The molecule has 5 heteroatoms. The van der Waals surface area contributed by atoms with Crippen molar-refractivity contribution in [3.63, 3.8) is 0 Å². The molecule has 0 bridgehead atoms. The fourth-order valence-corrected chi connectivity index (χ4v) is 5.40. The average Bonchev–Trinajstić information content (AvgIpc) is 3.08. The van der Waals surface area contributed by atoms with Crippen LogP contribution in [0.4, 0.5) is 22.7 Å². The zero-order valence-electron chi connectivity index (χ0n) is 28.3. The Labute approximate surface area is 274 Å². The second-order valence-corrected chi connectivity index (χ2v) is 12.3. The number of aryl methyl sites for hydroxylation is 1. The number of unbranched alkanes of at least 4 members (excludes halogenated alkanes) is 16. The van der Waals surface area contributed by atoms with Crippen molar-refractivity contribution in [3.05, 3.63) is 78.4 Å². The van der Waals surface area contributed by atoms with E-state index in [1.807, 2.05) is 60.7 Å². The third-order valence-electron chi connectivity index (χ3n) is 8.27. The van der Waals surface area contributed by atoms with E-state index in [-0.39, 0.29) is 0 Å². The molecule has 0 saturated carbocycles. The summed E-state index contributed by atoms with van der Waals surface area (Å²) in [6, 6.07) is 23.9. The van der Waals surface area contributed by atoms with Gasteiger partial charge in [0.1, 0.15) is 5.75 Å². The van der Waals surface area contributed by atoms with Gasteiger partial charge in [-0.1, -0.05) is 129 Å². The Hall–Kier alpha value is -3.34. The van der Waals surface area contributed by atoms with Gasteiger partial charge in [-0.05, 0) is 85.5 Å². The number of ether oxygens (including phenoxy) is 1. The van der Waals surface area contributed by atoms with Gasteiger partial charge in [-0.2, -0.15) is 20.5 Å². The Balaban J connectivity index is 1.24. The molecule has 244 valence electrons. The van der Waals surface area contributed by atoms with E-state index in [9.17, 15) is 0 Å². The maximum absolute atomic E-state index is 5.94. The third kappa shape index (κ3) is 17.1. The normalized spacial score (nSPS) is 11.6. The number of rotatable bonds is 25. The third-order valence-corrected chi connectivity index (χ3v) is 8.27. The summed E-state index contributed by atoms with van der Waals surface area (Å²) in [4.78, 5) is 0. The molecule has 0 radical (unpaired) electrons. The van der Waals surface area contributed by atoms with Gasteiger partial charge >= 0.3 is 0 Å². The number of azo groups is 2. The monoisotopic (exact) mass is 610 g/mol. The van der Waals surface area contributed by atoms with Gasteiger partial charge in [-0.25, -0.2) is 0 Å². The summed E-state index contributed by atoms with van der Waals surface area (Å²) in [5, 5.41) is 17.5. The molecule has 0 unspecified atom stereocenters. The molecule has 0 aliphatic heterocycles. The second kappa shape index (κ2) is 24.0. The summed E-state index contributed by atoms with van der Waals surface area (Å²) in [6.07, 6.45) is 25.4. The molecule has 3 aromatic rings. The Morgan fingerprint density at radius 3 is 1.13 bits per heavy atom. The maximum Gasteiger partial charge on any atom is 0.119 e. The minimum atomic E-state index is 0.771. The lowest BCUT2D eigenvalue weighted by molar-refractivity contribution is 0.304. The van der Waals surface area contributed by atoms with Crippen LogP contribution in [0, 0.1) is 0 Å². The molecule has 0 heterocycles. The van der Waals surface area contributed by atoms with Crippen LogP contribution in [0.15, 0.2) is 93.3 Å². The molecule has 0 fully saturated rings. The fraction of sp³-hybridized carbons (Fsp3) is 0.550. The van der Waals surface area contributed by atoms with Crippen LogP contribution in [0.5, 0.6) is 5.75 Å². The van der Waals surface area contributed by atoms with Crippen molar-refractivity contribution in [1.82, 2.24) is 0 Å². The zero-order chi connectivity index (χ0) is 31.6. The molecule has 0 spiro atoms. The predicted octanol–water partition coefficient (Wildman–Crippen LogP) is 14.5. The SMILES string of the molecule is CCCCCCCCCCCCCCCCOc1ccc(N=Nc2ccc(N=Nc3ccc(CCCCCC)cc3)cc2)cc1. The van der Waals surface area contributed by atoms with Gasteiger partial charge in [-0.3, -0.25) is 0 Å². The Morgan fingerprint density at radius 2 is 0.711 bits per heavy atom. The lowest BCUT2D eigenvalue weighted by Gasteiger charge is -2.06. The standard InChI is InChI=1S/C40H58N4O/c1-3-5-7-9-10-11-12-13-14-15-16-17-18-20-34-45-40-32-30-39(31-33-40)44-43-38-28-26-37(27-29-38)42-41-36-24-22-35(23-25-36)21-19-8-6-4-2/h22-33H,3-21,34H2,1-2H3. The molecule has 45 heavy (non-hydrogen) atoms. The number of nitrogens with zero attached hydrogens (tertiary/aromatic N) is 4. The highest BCUT2D eigenvalue weighted by molar-refractivity contribution is 5.48. The van der Waals surface area contributed by atoms with E-state index in [2.05, 4.69) is 46.4 Å². The Morgan fingerprint density at radius 1 is 0.378 bits per heavy atom. The summed E-state index contributed by atoms with van der Waals surface area (Å²) >= 11 is 0. The van der Waals surface area contributed by atoms with Crippen LogP contribution in [-0.4, -0.2) is 6.61 Å². The van der Waals surface area contributed by atoms with Crippen LogP contribution in [-0.2, 0) is 6.42 Å². The van der Waals surface area contributed by atoms with Crippen molar-refractivity contribution in [3.8, 4) is 5.75 Å². The first-order valence-electron chi connectivity index (χ1n) is 18.0. The van der Waals surface area contributed by atoms with E-state index in [0.717, 1.165) is 47.9 Å². The summed E-state index contributed by atoms with van der Waals surface area (Å²) in [5.74, 6) is 0.889. The summed E-state index contributed by atoms with van der Waals surface area (Å²) in [5.41, 5.74) is 4.60. The molecule has 0 amide bonds. The van der Waals surface area contributed by atoms with E-state index in [0.29, 0.717) is 0 Å². The smallest absolute Gasteiger partial charge is 0.119 e. The highest BCUT2D eigenvalue weighted by atomic mass is 16.5.